The molecular weight excluding hydrogens is 428 g/mol. The van der Waals surface area contributed by atoms with Gasteiger partial charge in [-0.05, 0) is 44.4 Å². The highest BCUT2D eigenvalue weighted by atomic mass is 32.2. The Morgan fingerprint density at radius 2 is 1.88 bits per heavy atom. The highest BCUT2D eigenvalue weighted by Crippen LogP contribution is 2.25. The van der Waals surface area contributed by atoms with Crippen molar-refractivity contribution < 1.29 is 13.2 Å². The number of nitrogens with one attached hydrogen (secondary N) is 1. The van der Waals surface area contributed by atoms with Crippen molar-refractivity contribution in [2.24, 2.45) is 13.0 Å². The molecular formula is C22H28N6O3S. The van der Waals surface area contributed by atoms with Crippen LogP contribution in [0.3, 0.4) is 0 Å². The van der Waals surface area contributed by atoms with Crippen LogP contribution in [0.5, 0.6) is 0 Å². The van der Waals surface area contributed by atoms with Crippen LogP contribution in [-0.2, 0) is 21.9 Å². The highest BCUT2D eigenvalue weighted by Gasteiger charge is 2.33. The molecule has 1 aliphatic heterocycles. The predicted molar refractivity (Wildman–Crippen MR) is 120 cm³/mol. The summed E-state index contributed by atoms with van der Waals surface area (Å²) >= 11 is 0. The Kier molecular flexibility index (Phi) is 6.16. The summed E-state index contributed by atoms with van der Waals surface area (Å²) in [5.74, 6) is 0.395. The van der Waals surface area contributed by atoms with Gasteiger partial charge < -0.3 is 14.5 Å². The standard InChI is InChI=1S/C22H28N6O3S/c1-16(18-4-6-20(7-5-18)27-13-10-23-15-27)24-22(29)19-8-11-28(12-9-19)32(30,31)21-14-26(3)17(2)25-21/h4-7,10,13-16,19H,8-9,11-12H2,1-3H3,(H,24,29). The molecule has 2 aromatic heterocycles. The van der Waals surface area contributed by atoms with E-state index in [1.165, 1.54) is 10.5 Å². The smallest absolute Gasteiger partial charge is 0.262 e. The van der Waals surface area contributed by atoms with Crippen LogP contribution in [0.15, 0.2) is 54.2 Å². The third-order valence-electron chi connectivity index (χ3n) is 6.07. The summed E-state index contributed by atoms with van der Waals surface area (Å²) in [6.45, 7) is 4.34. The summed E-state index contributed by atoms with van der Waals surface area (Å²) in [7, 11) is -1.87. The molecule has 0 bridgehead atoms. The van der Waals surface area contributed by atoms with E-state index in [0.29, 0.717) is 31.8 Å². The lowest BCUT2D eigenvalue weighted by Crippen LogP contribution is -2.43. The first-order chi connectivity index (χ1) is 15.3. The Balaban J connectivity index is 1.33. The van der Waals surface area contributed by atoms with Crippen molar-refractivity contribution >= 4 is 15.9 Å². The molecule has 4 rings (SSSR count). The van der Waals surface area contributed by atoms with Crippen molar-refractivity contribution in [2.45, 2.75) is 37.8 Å². The van der Waals surface area contributed by atoms with Crippen molar-refractivity contribution in [3.8, 4) is 5.69 Å². The number of hydrogen-bond acceptors (Lipinski definition) is 5. The van der Waals surface area contributed by atoms with Crippen LogP contribution >= 0.6 is 0 Å². The van der Waals surface area contributed by atoms with Crippen molar-refractivity contribution in [2.75, 3.05) is 13.1 Å². The Labute approximate surface area is 188 Å². The molecule has 1 N–H and O–H groups in total. The van der Waals surface area contributed by atoms with Gasteiger partial charge in [0, 0.05) is 50.3 Å². The molecule has 10 heteroatoms. The van der Waals surface area contributed by atoms with Crippen molar-refractivity contribution in [3.63, 3.8) is 0 Å². The van der Waals surface area contributed by atoms with E-state index in [-0.39, 0.29) is 22.9 Å². The number of rotatable bonds is 6. The van der Waals surface area contributed by atoms with Gasteiger partial charge in [-0.15, -0.1) is 0 Å². The minimum absolute atomic E-state index is 0.0399. The second-order valence-electron chi connectivity index (χ2n) is 8.21. The maximum atomic E-state index is 12.8. The van der Waals surface area contributed by atoms with Gasteiger partial charge in [0.2, 0.25) is 5.91 Å². The number of carbonyl (C=O) groups is 1. The molecule has 1 aliphatic rings. The molecule has 1 aromatic carbocycles. The van der Waals surface area contributed by atoms with Crippen LogP contribution in [-0.4, -0.2) is 50.8 Å². The normalized spacial score (nSPS) is 16.7. The van der Waals surface area contributed by atoms with Crippen LogP contribution in [0, 0.1) is 12.8 Å². The molecule has 32 heavy (non-hydrogen) atoms. The van der Waals surface area contributed by atoms with Gasteiger partial charge in [-0.25, -0.2) is 18.4 Å². The molecule has 0 aliphatic carbocycles. The maximum absolute atomic E-state index is 12.8. The summed E-state index contributed by atoms with van der Waals surface area (Å²) in [5.41, 5.74) is 2.01. The van der Waals surface area contributed by atoms with Gasteiger partial charge >= 0.3 is 0 Å². The molecule has 0 saturated carbocycles. The van der Waals surface area contributed by atoms with Gasteiger partial charge in [0.1, 0.15) is 5.82 Å². The van der Waals surface area contributed by atoms with Crippen LogP contribution < -0.4 is 5.32 Å². The monoisotopic (exact) mass is 456 g/mol. The van der Waals surface area contributed by atoms with E-state index in [1.54, 1.807) is 31.1 Å². The molecule has 1 saturated heterocycles. The molecule has 3 heterocycles. The van der Waals surface area contributed by atoms with E-state index in [1.807, 2.05) is 42.0 Å². The topological polar surface area (TPSA) is 102 Å². The molecule has 1 unspecified atom stereocenters. The average Bonchev–Trinajstić information content (AvgIpc) is 3.44. The van der Waals surface area contributed by atoms with Crippen LogP contribution in [0.2, 0.25) is 0 Å². The number of hydrogen-bond donors (Lipinski definition) is 1. The number of amides is 1. The lowest BCUT2D eigenvalue weighted by Gasteiger charge is -2.30. The first-order valence-corrected chi connectivity index (χ1v) is 12.1. The average molecular weight is 457 g/mol. The molecule has 1 amide bonds. The molecule has 3 aromatic rings. The fourth-order valence-corrected chi connectivity index (χ4v) is 5.40. The van der Waals surface area contributed by atoms with E-state index in [9.17, 15) is 13.2 Å². The summed E-state index contributed by atoms with van der Waals surface area (Å²) in [6.07, 6.45) is 7.85. The lowest BCUT2D eigenvalue weighted by molar-refractivity contribution is -0.126. The van der Waals surface area contributed by atoms with E-state index in [2.05, 4.69) is 15.3 Å². The van der Waals surface area contributed by atoms with Gasteiger partial charge in [-0.2, -0.15) is 4.31 Å². The molecule has 1 atom stereocenters. The zero-order chi connectivity index (χ0) is 22.9. The first-order valence-electron chi connectivity index (χ1n) is 10.6. The fraction of sp³-hybridized carbons (Fsp3) is 0.409. The van der Waals surface area contributed by atoms with Gasteiger partial charge in [0.25, 0.3) is 10.0 Å². The fourth-order valence-electron chi connectivity index (χ4n) is 3.90. The SMILES string of the molecule is Cc1nc(S(=O)(=O)N2CCC(C(=O)NC(C)c3ccc(-n4ccnc4)cc3)CC2)cn1C. The first kappa shape index (κ1) is 22.2. The lowest BCUT2D eigenvalue weighted by atomic mass is 9.96. The largest absolute Gasteiger partial charge is 0.349 e. The molecule has 0 radical (unpaired) electrons. The van der Waals surface area contributed by atoms with Crippen LogP contribution in [0.1, 0.15) is 37.2 Å². The zero-order valence-electron chi connectivity index (χ0n) is 18.5. The third kappa shape index (κ3) is 4.46. The maximum Gasteiger partial charge on any atom is 0.262 e. The van der Waals surface area contributed by atoms with E-state index >= 15 is 0 Å². The van der Waals surface area contributed by atoms with E-state index in [4.69, 9.17) is 0 Å². The van der Waals surface area contributed by atoms with Gasteiger partial charge in [0.15, 0.2) is 5.03 Å². The highest BCUT2D eigenvalue weighted by molar-refractivity contribution is 7.89. The third-order valence-corrected chi connectivity index (χ3v) is 7.84. The zero-order valence-corrected chi connectivity index (χ0v) is 19.3. The Hall–Kier alpha value is -2.98. The number of benzene rings is 1. The summed E-state index contributed by atoms with van der Waals surface area (Å²) in [5, 5.41) is 3.14. The number of imidazole rings is 2. The predicted octanol–water partition coefficient (Wildman–Crippen LogP) is 2.19. The van der Waals surface area contributed by atoms with Crippen molar-refractivity contribution in [1.29, 1.82) is 0 Å². The minimum atomic E-state index is -3.64. The van der Waals surface area contributed by atoms with Crippen molar-refractivity contribution in [3.05, 3.63) is 60.6 Å². The second-order valence-corrected chi connectivity index (χ2v) is 10.1. The van der Waals surface area contributed by atoms with E-state index < -0.39 is 10.0 Å². The molecule has 170 valence electrons. The number of sulfonamides is 1. The molecule has 0 spiro atoms. The Morgan fingerprint density at radius 3 is 2.44 bits per heavy atom. The summed E-state index contributed by atoms with van der Waals surface area (Å²) in [6, 6.07) is 7.82. The van der Waals surface area contributed by atoms with Crippen LogP contribution in [0.4, 0.5) is 0 Å². The number of aryl methyl sites for hydroxylation is 2. The number of piperidine rings is 1. The summed E-state index contributed by atoms with van der Waals surface area (Å²) < 4.78 is 30.7. The Bertz CT molecular complexity index is 1160. The Morgan fingerprint density at radius 1 is 1.19 bits per heavy atom. The van der Waals surface area contributed by atoms with Crippen molar-refractivity contribution in [1.82, 2.24) is 28.7 Å². The quantitative estimate of drug-likeness (QED) is 0.613. The van der Waals surface area contributed by atoms with Gasteiger partial charge in [-0.3, -0.25) is 4.79 Å². The molecule has 1 fully saturated rings. The van der Waals surface area contributed by atoms with Crippen LogP contribution in [0.25, 0.3) is 5.69 Å². The minimum Gasteiger partial charge on any atom is -0.349 e. The molecule has 9 nitrogen and oxygen atoms in total. The second kappa shape index (κ2) is 8.87. The van der Waals surface area contributed by atoms with Gasteiger partial charge in [0.05, 0.1) is 12.4 Å². The summed E-state index contributed by atoms with van der Waals surface area (Å²) in [4.78, 5) is 21.0. The number of carbonyl (C=O) groups excluding carboxylic acids is 1. The number of nitrogens with zero attached hydrogens (tertiary/aromatic N) is 5. The van der Waals surface area contributed by atoms with Gasteiger partial charge in [-0.1, -0.05) is 12.1 Å². The van der Waals surface area contributed by atoms with E-state index in [0.717, 1.165) is 11.3 Å². The number of aromatic nitrogens is 4.